The number of rotatable bonds is 5. The molecule has 0 heterocycles. The van der Waals surface area contributed by atoms with Crippen LogP contribution in [0, 0.1) is 17.1 Å². The summed E-state index contributed by atoms with van der Waals surface area (Å²) in [5.41, 5.74) is 1.79. The smallest absolute Gasteiger partial charge is 0.123 e. The molecule has 1 aliphatic carbocycles. The molecular formula is C17H15FN2S. The van der Waals surface area contributed by atoms with Gasteiger partial charge in [0, 0.05) is 22.4 Å². The maximum absolute atomic E-state index is 12.9. The third-order valence-corrected chi connectivity index (χ3v) is 4.46. The summed E-state index contributed by atoms with van der Waals surface area (Å²) in [6.45, 7) is 0.806. The van der Waals surface area contributed by atoms with Crippen LogP contribution in [0.3, 0.4) is 0 Å². The lowest BCUT2D eigenvalue weighted by Gasteiger charge is -2.08. The summed E-state index contributed by atoms with van der Waals surface area (Å²) < 4.78 is 12.9. The molecule has 0 saturated heterocycles. The van der Waals surface area contributed by atoms with E-state index in [1.165, 1.54) is 36.7 Å². The van der Waals surface area contributed by atoms with Crippen molar-refractivity contribution in [3.8, 4) is 6.07 Å². The van der Waals surface area contributed by atoms with Gasteiger partial charge in [-0.3, -0.25) is 0 Å². The summed E-state index contributed by atoms with van der Waals surface area (Å²) in [6, 6.07) is 15.2. The second-order valence-corrected chi connectivity index (χ2v) is 6.27. The van der Waals surface area contributed by atoms with E-state index in [-0.39, 0.29) is 5.82 Å². The fourth-order valence-corrected chi connectivity index (χ4v) is 2.92. The van der Waals surface area contributed by atoms with Crippen LogP contribution in [-0.4, -0.2) is 6.04 Å². The minimum Gasteiger partial charge on any atom is -0.310 e. The average molecular weight is 298 g/mol. The van der Waals surface area contributed by atoms with E-state index in [0.717, 1.165) is 21.9 Å². The SMILES string of the molecule is N#Cc1cc(CNC2CC2)ccc1Sc1ccc(F)cc1. The molecule has 0 unspecified atom stereocenters. The second-order valence-electron chi connectivity index (χ2n) is 5.15. The van der Waals surface area contributed by atoms with E-state index < -0.39 is 0 Å². The van der Waals surface area contributed by atoms with E-state index in [1.807, 2.05) is 18.2 Å². The molecule has 2 nitrogen and oxygen atoms in total. The molecule has 2 aromatic carbocycles. The molecule has 1 aliphatic rings. The van der Waals surface area contributed by atoms with Crippen molar-refractivity contribution >= 4 is 11.8 Å². The van der Waals surface area contributed by atoms with Crippen LogP contribution < -0.4 is 5.32 Å². The molecule has 1 N–H and O–H groups in total. The van der Waals surface area contributed by atoms with Crippen molar-refractivity contribution in [2.75, 3.05) is 0 Å². The third-order valence-electron chi connectivity index (χ3n) is 3.38. The zero-order valence-electron chi connectivity index (χ0n) is 11.5. The molecule has 0 amide bonds. The van der Waals surface area contributed by atoms with E-state index >= 15 is 0 Å². The summed E-state index contributed by atoms with van der Waals surface area (Å²) >= 11 is 1.48. The molecule has 0 atom stereocenters. The Kier molecular flexibility index (Phi) is 4.23. The Morgan fingerprint density at radius 1 is 1.19 bits per heavy atom. The minimum absolute atomic E-state index is 0.249. The van der Waals surface area contributed by atoms with Crippen molar-refractivity contribution < 1.29 is 4.39 Å². The highest BCUT2D eigenvalue weighted by Gasteiger charge is 2.20. The Labute approximate surface area is 128 Å². The van der Waals surface area contributed by atoms with Crippen LogP contribution in [0.4, 0.5) is 4.39 Å². The molecule has 1 saturated carbocycles. The fourth-order valence-electron chi connectivity index (χ4n) is 2.04. The molecule has 3 rings (SSSR count). The van der Waals surface area contributed by atoms with Gasteiger partial charge in [0.05, 0.1) is 5.56 Å². The lowest BCUT2D eigenvalue weighted by atomic mass is 10.1. The third kappa shape index (κ3) is 3.84. The van der Waals surface area contributed by atoms with Crippen LogP contribution in [0.15, 0.2) is 52.3 Å². The molecule has 106 valence electrons. The lowest BCUT2D eigenvalue weighted by molar-refractivity contribution is 0.626. The summed E-state index contributed by atoms with van der Waals surface area (Å²) in [7, 11) is 0. The predicted octanol–water partition coefficient (Wildman–Crippen LogP) is 4.10. The number of halogens is 1. The van der Waals surface area contributed by atoms with Crippen LogP contribution in [0.2, 0.25) is 0 Å². The summed E-state index contributed by atoms with van der Waals surface area (Å²) in [5.74, 6) is -0.249. The van der Waals surface area contributed by atoms with Gasteiger partial charge in [-0.25, -0.2) is 4.39 Å². The largest absolute Gasteiger partial charge is 0.310 e. The van der Waals surface area contributed by atoms with E-state index in [9.17, 15) is 9.65 Å². The first-order valence-corrected chi connectivity index (χ1v) is 7.76. The van der Waals surface area contributed by atoms with E-state index in [0.29, 0.717) is 11.6 Å². The molecule has 1 fully saturated rings. The van der Waals surface area contributed by atoms with Crippen molar-refractivity contribution in [3.05, 3.63) is 59.4 Å². The highest BCUT2D eigenvalue weighted by Crippen LogP contribution is 2.31. The standard InChI is InChI=1S/C17H15FN2S/c18-14-2-6-16(7-3-14)21-17-8-1-12(9-13(17)10-19)11-20-15-4-5-15/h1-3,6-9,15,20H,4-5,11H2. The topological polar surface area (TPSA) is 35.8 Å². The maximum Gasteiger partial charge on any atom is 0.123 e. The molecule has 21 heavy (non-hydrogen) atoms. The number of hydrogen-bond acceptors (Lipinski definition) is 3. The number of nitriles is 1. The van der Waals surface area contributed by atoms with E-state index in [2.05, 4.69) is 11.4 Å². The first kappa shape index (κ1) is 14.1. The molecule has 4 heteroatoms. The van der Waals surface area contributed by atoms with Crippen LogP contribution in [0.25, 0.3) is 0 Å². The highest BCUT2D eigenvalue weighted by atomic mass is 32.2. The van der Waals surface area contributed by atoms with E-state index in [4.69, 9.17) is 0 Å². The molecule has 0 bridgehead atoms. The van der Waals surface area contributed by atoms with Gasteiger partial charge in [0.25, 0.3) is 0 Å². The van der Waals surface area contributed by atoms with Gasteiger partial charge >= 0.3 is 0 Å². The van der Waals surface area contributed by atoms with Gasteiger partial charge in [-0.1, -0.05) is 17.8 Å². The van der Waals surface area contributed by atoms with Crippen molar-refractivity contribution in [1.29, 1.82) is 5.26 Å². The normalized spacial score (nSPS) is 13.9. The quantitative estimate of drug-likeness (QED) is 0.902. The molecule has 0 aromatic heterocycles. The van der Waals surface area contributed by atoms with Gasteiger partial charge in [-0.05, 0) is 54.8 Å². The monoisotopic (exact) mass is 298 g/mol. The van der Waals surface area contributed by atoms with Gasteiger partial charge in [0.1, 0.15) is 11.9 Å². The van der Waals surface area contributed by atoms with E-state index in [1.54, 1.807) is 12.1 Å². The number of nitrogens with one attached hydrogen (secondary N) is 1. The van der Waals surface area contributed by atoms with Crippen molar-refractivity contribution in [2.45, 2.75) is 35.2 Å². The van der Waals surface area contributed by atoms with Gasteiger partial charge < -0.3 is 5.32 Å². The van der Waals surface area contributed by atoms with Gasteiger partial charge in [-0.15, -0.1) is 0 Å². The zero-order valence-corrected chi connectivity index (χ0v) is 12.3. The van der Waals surface area contributed by atoms with Gasteiger partial charge in [-0.2, -0.15) is 5.26 Å². The first-order chi connectivity index (χ1) is 10.2. The minimum atomic E-state index is -0.249. The Balaban J connectivity index is 1.74. The molecule has 0 spiro atoms. The predicted molar refractivity (Wildman–Crippen MR) is 81.5 cm³/mol. The second kappa shape index (κ2) is 6.30. The molecular weight excluding hydrogens is 283 g/mol. The van der Waals surface area contributed by atoms with Crippen LogP contribution in [0.5, 0.6) is 0 Å². The van der Waals surface area contributed by atoms with Gasteiger partial charge in [0.2, 0.25) is 0 Å². The van der Waals surface area contributed by atoms with Gasteiger partial charge in [0.15, 0.2) is 0 Å². The Bertz CT molecular complexity index is 672. The summed E-state index contributed by atoms with van der Waals surface area (Å²) in [5, 5.41) is 12.8. The van der Waals surface area contributed by atoms with Crippen LogP contribution >= 0.6 is 11.8 Å². The number of hydrogen-bond donors (Lipinski definition) is 1. The molecule has 0 aliphatic heterocycles. The van der Waals surface area contributed by atoms with Crippen molar-refractivity contribution in [3.63, 3.8) is 0 Å². The molecule has 0 radical (unpaired) electrons. The number of nitrogens with zero attached hydrogens (tertiary/aromatic N) is 1. The molecule has 2 aromatic rings. The Morgan fingerprint density at radius 2 is 1.95 bits per heavy atom. The maximum atomic E-state index is 12.9. The summed E-state index contributed by atoms with van der Waals surface area (Å²) in [6.07, 6.45) is 2.51. The number of benzene rings is 2. The van der Waals surface area contributed by atoms with Crippen LogP contribution in [0.1, 0.15) is 24.0 Å². The van der Waals surface area contributed by atoms with Crippen LogP contribution in [-0.2, 0) is 6.54 Å². The Hall–Kier alpha value is -1.83. The zero-order chi connectivity index (χ0) is 14.7. The highest BCUT2D eigenvalue weighted by molar-refractivity contribution is 7.99. The Morgan fingerprint density at radius 3 is 2.62 bits per heavy atom. The first-order valence-electron chi connectivity index (χ1n) is 6.94. The lowest BCUT2D eigenvalue weighted by Crippen LogP contribution is -2.15. The van der Waals surface area contributed by atoms with Crippen molar-refractivity contribution in [1.82, 2.24) is 5.32 Å². The van der Waals surface area contributed by atoms with Crippen molar-refractivity contribution in [2.24, 2.45) is 0 Å². The average Bonchev–Trinajstić information content (AvgIpc) is 3.33. The summed E-state index contributed by atoms with van der Waals surface area (Å²) in [4.78, 5) is 1.83. The fraction of sp³-hybridized carbons (Fsp3) is 0.235.